The number of unbranched alkanes of at least 4 members (excludes halogenated alkanes) is 7. The summed E-state index contributed by atoms with van der Waals surface area (Å²) in [5, 5.41) is 0. The third kappa shape index (κ3) is 6.87. The minimum Gasteiger partial charge on any atom is -0.237 e. The van der Waals surface area contributed by atoms with Crippen LogP contribution in [0.15, 0.2) is 18.6 Å². The van der Waals surface area contributed by atoms with Gasteiger partial charge < -0.3 is 0 Å². The fourth-order valence-corrected chi connectivity index (χ4v) is 2.11. The molecule has 0 amide bonds. The van der Waals surface area contributed by atoms with Gasteiger partial charge in [0.1, 0.15) is 0 Å². The predicted molar refractivity (Wildman–Crippen MR) is 72.0 cm³/mol. The summed E-state index contributed by atoms with van der Waals surface area (Å²) in [5.41, 5.74) is -0.829. The van der Waals surface area contributed by atoms with Crippen LogP contribution in [-0.2, 0) is 12.7 Å². The quantitative estimate of drug-likeness (QED) is 0.482. The van der Waals surface area contributed by atoms with Crippen LogP contribution in [0, 0.1) is 0 Å². The minimum atomic E-state index is -4.35. The summed E-state index contributed by atoms with van der Waals surface area (Å²) in [6.07, 6.45) is 8.14. The Morgan fingerprint density at radius 2 is 1.60 bits per heavy atom. The van der Waals surface area contributed by atoms with Crippen molar-refractivity contribution >= 4 is 0 Å². The van der Waals surface area contributed by atoms with Crippen molar-refractivity contribution in [2.45, 2.75) is 71.0 Å². The number of hydrogen-bond acceptors (Lipinski definition) is 1. The lowest BCUT2D eigenvalue weighted by molar-refractivity contribution is -0.700. The minimum absolute atomic E-state index is 0.736. The summed E-state index contributed by atoms with van der Waals surface area (Å²) in [7, 11) is 0. The molecule has 0 aliphatic carbocycles. The zero-order valence-corrected chi connectivity index (χ0v) is 12.1. The summed E-state index contributed by atoms with van der Waals surface area (Å²) in [4.78, 5) is 3.44. The van der Waals surface area contributed by atoms with Crippen molar-refractivity contribution in [2.75, 3.05) is 0 Å². The van der Waals surface area contributed by atoms with Crippen LogP contribution in [0.1, 0.15) is 64.0 Å². The highest BCUT2D eigenvalue weighted by Gasteiger charge is 2.36. The lowest BCUT2D eigenvalue weighted by Crippen LogP contribution is -2.34. The van der Waals surface area contributed by atoms with Crippen LogP contribution in [0.3, 0.4) is 0 Å². The van der Waals surface area contributed by atoms with E-state index >= 15 is 0 Å². The fraction of sp³-hybridized carbons (Fsp3) is 0.733. The van der Waals surface area contributed by atoms with Gasteiger partial charge in [0, 0.05) is 6.07 Å². The van der Waals surface area contributed by atoms with Crippen molar-refractivity contribution in [3.8, 4) is 0 Å². The van der Waals surface area contributed by atoms with E-state index in [1.165, 1.54) is 51.0 Å². The summed E-state index contributed by atoms with van der Waals surface area (Å²) in [6.45, 7) is 2.94. The Kier molecular flexibility index (Phi) is 7.55. The molecule has 114 valence electrons. The van der Waals surface area contributed by atoms with Crippen molar-refractivity contribution in [3.63, 3.8) is 0 Å². The highest BCUT2D eigenvalue weighted by atomic mass is 19.4. The van der Waals surface area contributed by atoms with E-state index in [1.54, 1.807) is 4.57 Å². The SMILES string of the molecule is CCCCCCCCCC[n+]1ccc(C(F)(F)F)nc1. The maximum atomic E-state index is 12.3. The van der Waals surface area contributed by atoms with Crippen LogP contribution in [0.2, 0.25) is 0 Å². The molecule has 1 aromatic heterocycles. The van der Waals surface area contributed by atoms with Gasteiger partial charge in [-0.15, -0.1) is 0 Å². The van der Waals surface area contributed by atoms with Gasteiger partial charge in [0.15, 0.2) is 0 Å². The molecule has 1 heterocycles. The molecule has 0 fully saturated rings. The lowest BCUT2D eigenvalue weighted by atomic mass is 10.1. The van der Waals surface area contributed by atoms with Gasteiger partial charge in [-0.25, -0.2) is 4.57 Å². The average Bonchev–Trinajstić information content (AvgIpc) is 2.41. The first-order chi connectivity index (χ1) is 9.54. The van der Waals surface area contributed by atoms with Gasteiger partial charge in [-0.3, -0.25) is 0 Å². The number of aryl methyl sites for hydroxylation is 1. The van der Waals surface area contributed by atoms with E-state index < -0.39 is 11.9 Å². The molecule has 0 saturated heterocycles. The van der Waals surface area contributed by atoms with Crippen LogP contribution in [0.5, 0.6) is 0 Å². The molecule has 0 radical (unpaired) electrons. The van der Waals surface area contributed by atoms with Gasteiger partial charge in [-0.05, 0) is 17.8 Å². The van der Waals surface area contributed by atoms with E-state index in [0.29, 0.717) is 0 Å². The first kappa shape index (κ1) is 16.9. The zero-order valence-electron chi connectivity index (χ0n) is 12.1. The smallest absolute Gasteiger partial charge is 0.237 e. The Morgan fingerprint density at radius 3 is 2.10 bits per heavy atom. The third-order valence-electron chi connectivity index (χ3n) is 3.33. The average molecular weight is 289 g/mol. The van der Waals surface area contributed by atoms with Crippen LogP contribution in [0.25, 0.3) is 0 Å². The topological polar surface area (TPSA) is 16.8 Å². The normalized spacial score (nSPS) is 11.8. The Labute approximate surface area is 119 Å². The fourth-order valence-electron chi connectivity index (χ4n) is 2.11. The Balaban J connectivity index is 2.13. The van der Waals surface area contributed by atoms with E-state index in [0.717, 1.165) is 25.5 Å². The van der Waals surface area contributed by atoms with E-state index in [4.69, 9.17) is 0 Å². The molecule has 1 aromatic rings. The Bertz CT molecular complexity index is 360. The standard InChI is InChI=1S/C15H24F3N2/c1-2-3-4-5-6-7-8-9-11-20-12-10-14(19-13-20)15(16,17)18/h10,12-13H,2-9,11H2,1H3/q+1. The van der Waals surface area contributed by atoms with Crippen molar-refractivity contribution in [1.29, 1.82) is 0 Å². The number of aromatic nitrogens is 2. The molecule has 1 rings (SSSR count). The second-order valence-corrected chi connectivity index (χ2v) is 5.16. The molecule has 5 heteroatoms. The van der Waals surface area contributed by atoms with Crippen LogP contribution in [0.4, 0.5) is 13.2 Å². The second-order valence-electron chi connectivity index (χ2n) is 5.16. The maximum absolute atomic E-state index is 12.3. The van der Waals surface area contributed by atoms with Crippen LogP contribution in [-0.4, -0.2) is 4.98 Å². The van der Waals surface area contributed by atoms with E-state index in [2.05, 4.69) is 11.9 Å². The molecule has 2 nitrogen and oxygen atoms in total. The second kappa shape index (κ2) is 8.93. The largest absolute Gasteiger partial charge is 0.458 e. The maximum Gasteiger partial charge on any atom is 0.458 e. The molecule has 0 bridgehead atoms. The van der Waals surface area contributed by atoms with E-state index in [1.807, 2.05) is 0 Å². The molecule has 0 saturated carbocycles. The molecule has 20 heavy (non-hydrogen) atoms. The molecule has 0 aliphatic rings. The molecule has 0 atom stereocenters. The summed E-state index contributed by atoms with van der Waals surface area (Å²) >= 11 is 0. The molecule has 0 unspecified atom stereocenters. The van der Waals surface area contributed by atoms with Crippen molar-refractivity contribution < 1.29 is 17.7 Å². The van der Waals surface area contributed by atoms with Crippen LogP contribution < -0.4 is 4.57 Å². The van der Waals surface area contributed by atoms with Crippen molar-refractivity contribution in [2.24, 2.45) is 0 Å². The van der Waals surface area contributed by atoms with Gasteiger partial charge in [0.2, 0.25) is 0 Å². The number of alkyl halides is 3. The monoisotopic (exact) mass is 289 g/mol. The van der Waals surface area contributed by atoms with Gasteiger partial charge in [0.25, 0.3) is 12.0 Å². The molecular formula is C15H24F3N2+. The van der Waals surface area contributed by atoms with Crippen molar-refractivity contribution in [1.82, 2.24) is 4.98 Å². The summed E-state index contributed by atoms with van der Waals surface area (Å²) < 4.78 is 38.7. The molecule has 0 aliphatic heterocycles. The van der Waals surface area contributed by atoms with Gasteiger partial charge in [-0.1, -0.05) is 45.4 Å². The summed E-state index contributed by atoms with van der Waals surface area (Å²) in [6, 6.07) is 1.03. The Hall–Kier alpha value is -1.13. The summed E-state index contributed by atoms with van der Waals surface area (Å²) in [5.74, 6) is 0. The van der Waals surface area contributed by atoms with Crippen molar-refractivity contribution in [3.05, 3.63) is 24.3 Å². The predicted octanol–water partition coefficient (Wildman–Crippen LogP) is 4.53. The molecular weight excluding hydrogens is 265 g/mol. The third-order valence-corrected chi connectivity index (χ3v) is 3.33. The highest BCUT2D eigenvalue weighted by molar-refractivity contribution is 4.99. The number of hydrogen-bond donors (Lipinski definition) is 0. The van der Waals surface area contributed by atoms with E-state index in [-0.39, 0.29) is 0 Å². The van der Waals surface area contributed by atoms with Gasteiger partial charge >= 0.3 is 6.18 Å². The Morgan fingerprint density at radius 1 is 1.00 bits per heavy atom. The van der Waals surface area contributed by atoms with Crippen LogP contribution >= 0.6 is 0 Å². The number of nitrogens with zero attached hydrogens (tertiary/aromatic N) is 2. The lowest BCUT2D eigenvalue weighted by Gasteiger charge is -2.03. The zero-order chi connectivity index (χ0) is 14.8. The first-order valence-corrected chi connectivity index (χ1v) is 7.46. The molecule has 0 spiro atoms. The number of halogens is 3. The van der Waals surface area contributed by atoms with Gasteiger partial charge in [0.05, 0.1) is 12.7 Å². The highest BCUT2D eigenvalue weighted by Crippen LogP contribution is 2.26. The van der Waals surface area contributed by atoms with Gasteiger partial charge in [-0.2, -0.15) is 13.2 Å². The molecule has 0 N–H and O–H groups in total. The molecule has 0 aromatic carbocycles. The number of rotatable bonds is 9. The first-order valence-electron chi connectivity index (χ1n) is 7.46. The van der Waals surface area contributed by atoms with E-state index in [9.17, 15) is 13.2 Å².